The minimum Gasteiger partial charge on any atom is -0.393 e. The van der Waals surface area contributed by atoms with Crippen LogP contribution in [0.4, 0.5) is 0 Å². The Morgan fingerprint density at radius 1 is 1.15 bits per heavy atom. The molecule has 2 aliphatic rings. The molecule has 116 valence electrons. The highest BCUT2D eigenvalue weighted by atomic mass is 31.1. The Morgan fingerprint density at radius 2 is 1.95 bits per heavy atom. The van der Waals surface area contributed by atoms with Crippen molar-refractivity contribution in [2.45, 2.75) is 77.0 Å². The van der Waals surface area contributed by atoms with Crippen LogP contribution in [-0.4, -0.2) is 29.7 Å². The molecule has 2 rings (SSSR count). The molecule has 0 aromatic heterocycles. The zero-order valence-electron chi connectivity index (χ0n) is 13.6. The third-order valence-corrected chi connectivity index (χ3v) is 8.29. The van der Waals surface area contributed by atoms with E-state index in [4.69, 9.17) is 0 Å². The molecule has 0 aromatic rings. The Balaban J connectivity index is 2.13. The smallest absolute Gasteiger partial charge is 0.0577 e. The summed E-state index contributed by atoms with van der Waals surface area (Å²) in [7, 11) is 0.215. The van der Waals surface area contributed by atoms with Crippen molar-refractivity contribution in [3.05, 3.63) is 11.6 Å². The van der Waals surface area contributed by atoms with Crippen LogP contribution in [-0.2, 0) is 0 Å². The molecule has 0 fully saturated rings. The summed E-state index contributed by atoms with van der Waals surface area (Å²) >= 11 is 0. The van der Waals surface area contributed by atoms with Crippen LogP contribution in [0.1, 0.15) is 65.2 Å². The lowest BCUT2D eigenvalue weighted by atomic mass is 9.83. The minimum absolute atomic E-state index is 0.0899. The van der Waals surface area contributed by atoms with Crippen molar-refractivity contribution in [1.82, 2.24) is 0 Å². The van der Waals surface area contributed by atoms with Crippen molar-refractivity contribution in [2.75, 3.05) is 12.8 Å². The molecule has 0 radical (unpaired) electrons. The third kappa shape index (κ3) is 4.85. The molecule has 1 aliphatic carbocycles. The van der Waals surface area contributed by atoms with Gasteiger partial charge in [-0.15, -0.1) is 7.92 Å². The van der Waals surface area contributed by atoms with Crippen molar-refractivity contribution >= 4 is 7.92 Å². The van der Waals surface area contributed by atoms with Gasteiger partial charge in [-0.25, -0.2) is 0 Å². The third-order valence-electron chi connectivity index (χ3n) is 5.55. The maximum atomic E-state index is 10.2. The summed E-state index contributed by atoms with van der Waals surface area (Å²) in [5.41, 5.74) is 2.45. The standard InChI is InChI=1S/C18H33OP/c1-14-6-4-5-11-20(3)15(2)12-16-7-9-17(14)13-18(19)10-8-16/h9,14-16,18-19H,4-8,10-13H2,1-3H3/b17-9-. The van der Waals surface area contributed by atoms with Crippen molar-refractivity contribution in [1.29, 1.82) is 0 Å². The van der Waals surface area contributed by atoms with E-state index < -0.39 is 0 Å². The second-order valence-electron chi connectivity index (χ2n) is 7.28. The fraction of sp³-hybridized carbons (Fsp3) is 0.889. The van der Waals surface area contributed by atoms with E-state index in [1.165, 1.54) is 44.7 Å². The monoisotopic (exact) mass is 296 g/mol. The van der Waals surface area contributed by atoms with Gasteiger partial charge in [0, 0.05) is 0 Å². The first-order valence-electron chi connectivity index (χ1n) is 8.63. The Labute approximate surface area is 127 Å². The first-order valence-corrected chi connectivity index (χ1v) is 10.7. The van der Waals surface area contributed by atoms with Gasteiger partial charge in [-0.3, -0.25) is 0 Å². The van der Waals surface area contributed by atoms with Gasteiger partial charge in [-0.05, 0) is 75.3 Å². The van der Waals surface area contributed by atoms with Crippen molar-refractivity contribution in [3.8, 4) is 0 Å². The van der Waals surface area contributed by atoms with Crippen molar-refractivity contribution in [2.24, 2.45) is 11.8 Å². The van der Waals surface area contributed by atoms with Crippen LogP contribution in [0.25, 0.3) is 0 Å². The van der Waals surface area contributed by atoms with E-state index in [9.17, 15) is 5.11 Å². The van der Waals surface area contributed by atoms with E-state index in [0.717, 1.165) is 24.4 Å². The fourth-order valence-electron chi connectivity index (χ4n) is 3.82. The van der Waals surface area contributed by atoms with Gasteiger partial charge in [0.25, 0.3) is 0 Å². The Bertz CT molecular complexity index is 325. The summed E-state index contributed by atoms with van der Waals surface area (Å²) in [6, 6.07) is 0. The second kappa shape index (κ2) is 7.95. The van der Waals surface area contributed by atoms with E-state index in [1.54, 1.807) is 5.57 Å². The van der Waals surface area contributed by atoms with Gasteiger partial charge in [0.2, 0.25) is 0 Å². The molecule has 2 heteroatoms. The summed E-state index contributed by atoms with van der Waals surface area (Å²) in [4.78, 5) is 0. The summed E-state index contributed by atoms with van der Waals surface area (Å²) in [6.07, 6.45) is 13.8. The molecule has 2 bridgehead atoms. The summed E-state index contributed by atoms with van der Waals surface area (Å²) in [5.74, 6) is 1.50. The van der Waals surface area contributed by atoms with E-state index >= 15 is 0 Å². The number of hydrogen-bond acceptors (Lipinski definition) is 1. The molecule has 0 spiro atoms. The number of fused-ring (bicyclic) bond motifs is 2. The van der Waals surface area contributed by atoms with Crippen LogP contribution in [0.15, 0.2) is 11.6 Å². The summed E-state index contributed by atoms with van der Waals surface area (Å²) in [5, 5.41) is 10.2. The highest BCUT2D eigenvalue weighted by Gasteiger charge is 2.23. The number of aliphatic hydroxyl groups excluding tert-OH is 1. The largest absolute Gasteiger partial charge is 0.393 e. The number of allylic oxidation sites excluding steroid dienone is 1. The molecular formula is C18H33OP. The quantitative estimate of drug-likeness (QED) is 0.483. The lowest BCUT2D eigenvalue weighted by Crippen LogP contribution is -2.19. The Morgan fingerprint density at radius 3 is 2.75 bits per heavy atom. The summed E-state index contributed by atoms with van der Waals surface area (Å²) in [6.45, 7) is 7.35. The van der Waals surface area contributed by atoms with Crippen LogP contribution in [0.5, 0.6) is 0 Å². The van der Waals surface area contributed by atoms with Crippen LogP contribution in [0, 0.1) is 11.8 Å². The zero-order valence-corrected chi connectivity index (χ0v) is 14.5. The molecule has 5 unspecified atom stereocenters. The molecule has 1 aliphatic heterocycles. The van der Waals surface area contributed by atoms with Gasteiger partial charge in [0.15, 0.2) is 0 Å². The number of hydrogen-bond donors (Lipinski definition) is 1. The van der Waals surface area contributed by atoms with E-state index in [2.05, 4.69) is 26.6 Å². The van der Waals surface area contributed by atoms with E-state index in [0.29, 0.717) is 5.92 Å². The van der Waals surface area contributed by atoms with Gasteiger partial charge in [-0.1, -0.05) is 31.9 Å². The second-order valence-corrected chi connectivity index (χ2v) is 10.1. The van der Waals surface area contributed by atoms with Gasteiger partial charge in [-0.2, -0.15) is 0 Å². The minimum atomic E-state index is -0.0899. The maximum absolute atomic E-state index is 10.2. The maximum Gasteiger partial charge on any atom is 0.0577 e. The Kier molecular flexibility index (Phi) is 6.56. The fourth-order valence-corrected chi connectivity index (χ4v) is 5.64. The molecule has 0 saturated carbocycles. The molecule has 1 heterocycles. The average Bonchev–Trinajstić information content (AvgIpc) is 2.40. The first-order chi connectivity index (χ1) is 9.56. The molecule has 5 atom stereocenters. The Hall–Kier alpha value is 0.130. The van der Waals surface area contributed by atoms with E-state index in [1.807, 2.05) is 0 Å². The summed E-state index contributed by atoms with van der Waals surface area (Å²) < 4.78 is 0. The zero-order chi connectivity index (χ0) is 14.5. The van der Waals surface area contributed by atoms with Crippen LogP contribution in [0.3, 0.4) is 0 Å². The van der Waals surface area contributed by atoms with Crippen LogP contribution < -0.4 is 0 Å². The predicted molar refractivity (Wildman–Crippen MR) is 90.9 cm³/mol. The lowest BCUT2D eigenvalue weighted by Gasteiger charge is -2.30. The highest BCUT2D eigenvalue weighted by molar-refractivity contribution is 7.57. The molecule has 20 heavy (non-hydrogen) atoms. The molecular weight excluding hydrogens is 263 g/mol. The lowest BCUT2D eigenvalue weighted by molar-refractivity contribution is 0.147. The van der Waals surface area contributed by atoms with Crippen molar-refractivity contribution < 1.29 is 5.11 Å². The first kappa shape index (κ1) is 16.5. The molecule has 1 nitrogen and oxygen atoms in total. The van der Waals surface area contributed by atoms with Crippen LogP contribution >= 0.6 is 7.92 Å². The van der Waals surface area contributed by atoms with Gasteiger partial charge >= 0.3 is 0 Å². The van der Waals surface area contributed by atoms with Crippen LogP contribution in [0.2, 0.25) is 0 Å². The molecule has 0 aromatic carbocycles. The van der Waals surface area contributed by atoms with Gasteiger partial charge < -0.3 is 5.11 Å². The molecule has 0 saturated heterocycles. The predicted octanol–water partition coefficient (Wildman–Crippen LogP) is 5.17. The van der Waals surface area contributed by atoms with Gasteiger partial charge in [0.1, 0.15) is 0 Å². The van der Waals surface area contributed by atoms with Gasteiger partial charge in [0.05, 0.1) is 6.10 Å². The topological polar surface area (TPSA) is 20.2 Å². The van der Waals surface area contributed by atoms with Crippen molar-refractivity contribution in [3.63, 3.8) is 0 Å². The van der Waals surface area contributed by atoms with E-state index in [-0.39, 0.29) is 14.0 Å². The average molecular weight is 296 g/mol. The SMILES string of the molecule is CC1CCCCP(C)C(C)CC2C/C=C\1CC(O)CC2. The number of aliphatic hydroxyl groups is 1. The normalized spacial score (nSPS) is 43.6. The number of rotatable bonds is 0. The highest BCUT2D eigenvalue weighted by Crippen LogP contribution is 2.43. The molecule has 1 N–H and O–H groups in total. The molecule has 0 amide bonds.